The summed E-state index contributed by atoms with van der Waals surface area (Å²) < 4.78 is 7.99. The molecule has 2 aromatic rings. The maximum atomic E-state index is 5.86. The van der Waals surface area contributed by atoms with E-state index in [1.54, 1.807) is 0 Å². The first-order valence-electron chi connectivity index (χ1n) is 7.56. The van der Waals surface area contributed by atoms with Crippen LogP contribution in [0.5, 0.6) is 5.75 Å². The lowest BCUT2D eigenvalue weighted by Crippen LogP contribution is -2.14. The number of imidazole rings is 1. The molecular formula is C17H25N3O. The van der Waals surface area contributed by atoms with E-state index in [4.69, 9.17) is 4.74 Å². The van der Waals surface area contributed by atoms with Crippen LogP contribution < -0.4 is 10.1 Å². The lowest BCUT2D eigenvalue weighted by molar-refractivity contribution is 0.292. The van der Waals surface area contributed by atoms with Crippen LogP contribution in [-0.4, -0.2) is 16.6 Å². The summed E-state index contributed by atoms with van der Waals surface area (Å²) in [4.78, 5) is 4.19. The quantitative estimate of drug-likeness (QED) is 0.843. The topological polar surface area (TPSA) is 39.1 Å². The van der Waals surface area contributed by atoms with Crippen molar-refractivity contribution in [2.45, 2.75) is 45.9 Å². The molecule has 0 amide bonds. The third-order valence-corrected chi connectivity index (χ3v) is 3.73. The Kier molecular flexibility index (Phi) is 5.39. The zero-order chi connectivity index (χ0) is 15.2. The maximum Gasteiger partial charge on any atom is 0.130 e. The first-order valence-corrected chi connectivity index (χ1v) is 7.56. The number of rotatable bonds is 7. The number of nitrogens with one attached hydrogen (secondary N) is 1. The standard InChI is InChI=1S/C17H25N3O/c1-5-17(18-4)14-6-8-16(9-7-14)21-11-15-10-19-12-20(15)13(2)3/h6-10,12-13,17-18H,5,11H2,1-4H3. The van der Waals surface area contributed by atoms with Crippen LogP contribution in [0.25, 0.3) is 0 Å². The molecule has 2 rings (SSSR count). The Balaban J connectivity index is 1.99. The van der Waals surface area contributed by atoms with Crippen LogP contribution in [0.3, 0.4) is 0 Å². The molecule has 1 aromatic carbocycles. The van der Waals surface area contributed by atoms with Crippen molar-refractivity contribution in [3.8, 4) is 5.75 Å². The summed E-state index contributed by atoms with van der Waals surface area (Å²) in [5, 5.41) is 3.31. The van der Waals surface area contributed by atoms with Gasteiger partial charge in [0.2, 0.25) is 0 Å². The smallest absolute Gasteiger partial charge is 0.130 e. The van der Waals surface area contributed by atoms with Gasteiger partial charge in [0.05, 0.1) is 18.2 Å². The van der Waals surface area contributed by atoms with Crippen molar-refractivity contribution in [3.63, 3.8) is 0 Å². The number of aromatic nitrogens is 2. The highest BCUT2D eigenvalue weighted by Crippen LogP contribution is 2.20. The SMILES string of the molecule is CCC(NC)c1ccc(OCc2cncn2C(C)C)cc1. The molecule has 0 aliphatic carbocycles. The molecule has 21 heavy (non-hydrogen) atoms. The summed E-state index contributed by atoms with van der Waals surface area (Å²) in [5.74, 6) is 0.890. The largest absolute Gasteiger partial charge is 0.487 e. The van der Waals surface area contributed by atoms with E-state index in [1.807, 2.05) is 31.7 Å². The van der Waals surface area contributed by atoms with Gasteiger partial charge in [-0.2, -0.15) is 0 Å². The molecule has 0 aliphatic rings. The molecule has 114 valence electrons. The van der Waals surface area contributed by atoms with Gasteiger partial charge in [-0.1, -0.05) is 19.1 Å². The van der Waals surface area contributed by atoms with Gasteiger partial charge in [0.15, 0.2) is 0 Å². The van der Waals surface area contributed by atoms with Crippen molar-refractivity contribution in [1.29, 1.82) is 0 Å². The van der Waals surface area contributed by atoms with Gasteiger partial charge in [-0.15, -0.1) is 0 Å². The minimum Gasteiger partial charge on any atom is -0.487 e. The zero-order valence-electron chi connectivity index (χ0n) is 13.3. The second-order valence-corrected chi connectivity index (χ2v) is 5.49. The van der Waals surface area contributed by atoms with Gasteiger partial charge in [-0.3, -0.25) is 0 Å². The van der Waals surface area contributed by atoms with Gasteiger partial charge in [0, 0.05) is 12.1 Å². The fourth-order valence-corrected chi connectivity index (χ4v) is 2.47. The monoisotopic (exact) mass is 287 g/mol. The molecule has 0 saturated carbocycles. The Morgan fingerprint density at radius 2 is 1.95 bits per heavy atom. The molecule has 0 bridgehead atoms. The second-order valence-electron chi connectivity index (χ2n) is 5.49. The molecule has 1 unspecified atom stereocenters. The van der Waals surface area contributed by atoms with Crippen LogP contribution in [0, 0.1) is 0 Å². The van der Waals surface area contributed by atoms with Crippen LogP contribution >= 0.6 is 0 Å². The van der Waals surface area contributed by atoms with Crippen molar-refractivity contribution in [1.82, 2.24) is 14.9 Å². The van der Waals surface area contributed by atoms with E-state index in [1.165, 1.54) is 5.56 Å². The van der Waals surface area contributed by atoms with E-state index in [9.17, 15) is 0 Å². The van der Waals surface area contributed by atoms with Crippen molar-refractivity contribution in [3.05, 3.63) is 48.0 Å². The normalized spacial score (nSPS) is 12.6. The summed E-state index contributed by atoms with van der Waals surface area (Å²) in [5.41, 5.74) is 2.38. The number of benzene rings is 1. The molecule has 1 heterocycles. The average Bonchev–Trinajstić information content (AvgIpc) is 2.96. The number of ether oxygens (including phenoxy) is 1. The van der Waals surface area contributed by atoms with Gasteiger partial charge in [-0.05, 0) is 45.0 Å². The molecule has 4 nitrogen and oxygen atoms in total. The number of hydrogen-bond acceptors (Lipinski definition) is 3. The summed E-state index contributed by atoms with van der Waals surface area (Å²) in [6, 6.07) is 9.12. The van der Waals surface area contributed by atoms with E-state index >= 15 is 0 Å². The highest BCUT2D eigenvalue weighted by molar-refractivity contribution is 5.29. The molecule has 0 radical (unpaired) electrons. The van der Waals surface area contributed by atoms with Crippen LogP contribution in [0.2, 0.25) is 0 Å². The average molecular weight is 287 g/mol. The van der Waals surface area contributed by atoms with Crippen molar-refractivity contribution in [2.75, 3.05) is 7.05 Å². The predicted octanol–water partition coefficient (Wildman–Crippen LogP) is 3.71. The summed E-state index contributed by atoms with van der Waals surface area (Å²) in [6.45, 7) is 7.00. The fourth-order valence-electron chi connectivity index (χ4n) is 2.47. The predicted molar refractivity (Wildman–Crippen MR) is 85.5 cm³/mol. The van der Waals surface area contributed by atoms with Crippen LogP contribution in [0.4, 0.5) is 0 Å². The molecule has 1 atom stereocenters. The van der Waals surface area contributed by atoms with Crippen LogP contribution in [0.15, 0.2) is 36.8 Å². The van der Waals surface area contributed by atoms with E-state index < -0.39 is 0 Å². The molecule has 0 fully saturated rings. The summed E-state index contributed by atoms with van der Waals surface area (Å²) >= 11 is 0. The van der Waals surface area contributed by atoms with Crippen molar-refractivity contribution >= 4 is 0 Å². The molecular weight excluding hydrogens is 262 g/mol. The van der Waals surface area contributed by atoms with Gasteiger partial charge in [0.25, 0.3) is 0 Å². The van der Waals surface area contributed by atoms with E-state index in [2.05, 4.69) is 47.8 Å². The maximum absolute atomic E-state index is 5.86. The highest BCUT2D eigenvalue weighted by Gasteiger charge is 2.08. The molecule has 0 aliphatic heterocycles. The lowest BCUT2D eigenvalue weighted by Gasteiger charge is -2.15. The van der Waals surface area contributed by atoms with Crippen LogP contribution in [-0.2, 0) is 6.61 Å². The third-order valence-electron chi connectivity index (χ3n) is 3.73. The molecule has 4 heteroatoms. The molecule has 0 saturated heterocycles. The summed E-state index contributed by atoms with van der Waals surface area (Å²) in [6.07, 6.45) is 4.79. The highest BCUT2D eigenvalue weighted by atomic mass is 16.5. The Bertz CT molecular complexity index is 541. The lowest BCUT2D eigenvalue weighted by atomic mass is 10.1. The minimum absolute atomic E-state index is 0.398. The van der Waals surface area contributed by atoms with Crippen molar-refractivity contribution in [2.24, 2.45) is 0 Å². The van der Waals surface area contributed by atoms with Gasteiger partial charge < -0.3 is 14.6 Å². The molecule has 1 N–H and O–H groups in total. The minimum atomic E-state index is 0.398. The molecule has 0 spiro atoms. The van der Waals surface area contributed by atoms with E-state index in [0.29, 0.717) is 18.7 Å². The molecule has 1 aromatic heterocycles. The number of hydrogen-bond donors (Lipinski definition) is 1. The first-order chi connectivity index (χ1) is 10.2. The Hall–Kier alpha value is -1.81. The van der Waals surface area contributed by atoms with Gasteiger partial charge in [-0.25, -0.2) is 4.98 Å². The van der Waals surface area contributed by atoms with Crippen LogP contribution in [0.1, 0.15) is 50.5 Å². The fraction of sp³-hybridized carbons (Fsp3) is 0.471. The second kappa shape index (κ2) is 7.27. The zero-order valence-corrected chi connectivity index (χ0v) is 13.3. The Morgan fingerprint density at radius 3 is 2.52 bits per heavy atom. The third kappa shape index (κ3) is 3.85. The Morgan fingerprint density at radius 1 is 1.24 bits per heavy atom. The first kappa shape index (κ1) is 15.6. The number of nitrogens with zero attached hydrogens (tertiary/aromatic N) is 2. The van der Waals surface area contributed by atoms with E-state index in [-0.39, 0.29) is 0 Å². The van der Waals surface area contributed by atoms with E-state index in [0.717, 1.165) is 17.9 Å². The Labute approximate surface area is 127 Å². The summed E-state index contributed by atoms with van der Waals surface area (Å²) in [7, 11) is 1.99. The van der Waals surface area contributed by atoms with Gasteiger partial charge >= 0.3 is 0 Å². The van der Waals surface area contributed by atoms with Crippen molar-refractivity contribution < 1.29 is 4.74 Å². The van der Waals surface area contributed by atoms with Gasteiger partial charge in [0.1, 0.15) is 12.4 Å².